The highest BCUT2D eigenvalue weighted by molar-refractivity contribution is 9.10. The Labute approximate surface area is 195 Å². The van der Waals surface area contributed by atoms with Crippen LogP contribution in [0.3, 0.4) is 0 Å². The van der Waals surface area contributed by atoms with Gasteiger partial charge in [-0.2, -0.15) is 4.31 Å². The van der Waals surface area contributed by atoms with E-state index in [1.807, 2.05) is 0 Å². The number of sulfonamides is 1. The third kappa shape index (κ3) is 3.99. The van der Waals surface area contributed by atoms with E-state index >= 15 is 0 Å². The second kappa shape index (κ2) is 7.84. The lowest BCUT2D eigenvalue weighted by atomic mass is 9.68. The number of nitrogens with zero attached hydrogens (tertiary/aromatic N) is 1. The number of fused-ring (bicyclic) bond motifs is 2. The molecule has 5 atom stereocenters. The molecule has 0 radical (unpaired) electrons. The molecule has 4 rings (SSSR count). The number of benzene rings is 1. The highest BCUT2D eigenvalue weighted by Crippen LogP contribution is 2.62. The van der Waals surface area contributed by atoms with Gasteiger partial charge in [-0.3, -0.25) is 4.79 Å². The fraction of sp³-hybridized carbons (Fsp3) is 0.708. The van der Waals surface area contributed by atoms with Crippen LogP contribution in [0.15, 0.2) is 27.6 Å². The van der Waals surface area contributed by atoms with E-state index < -0.39 is 10.0 Å². The summed E-state index contributed by atoms with van der Waals surface area (Å²) in [6, 6.07) is 5.04. The van der Waals surface area contributed by atoms with Gasteiger partial charge >= 0.3 is 0 Å². The van der Waals surface area contributed by atoms with Gasteiger partial charge in [0.05, 0.1) is 4.90 Å². The van der Waals surface area contributed by atoms with Gasteiger partial charge in [0.15, 0.2) is 0 Å². The molecule has 1 aromatic rings. The van der Waals surface area contributed by atoms with Crippen molar-refractivity contribution in [3.8, 4) is 0 Å². The van der Waals surface area contributed by atoms with E-state index in [9.17, 15) is 13.2 Å². The fourth-order valence-corrected chi connectivity index (χ4v) is 9.29. The summed E-state index contributed by atoms with van der Waals surface area (Å²) in [6.07, 6.45) is 4.55. The first-order valence-electron chi connectivity index (χ1n) is 11.4. The molecule has 172 valence electrons. The van der Waals surface area contributed by atoms with Crippen molar-refractivity contribution >= 4 is 31.9 Å². The van der Waals surface area contributed by atoms with E-state index in [1.165, 1.54) is 6.42 Å². The zero-order valence-electron chi connectivity index (χ0n) is 19.2. The van der Waals surface area contributed by atoms with Gasteiger partial charge in [-0.25, -0.2) is 8.42 Å². The average molecular weight is 512 g/mol. The van der Waals surface area contributed by atoms with Crippen LogP contribution in [0.4, 0.5) is 0 Å². The topological polar surface area (TPSA) is 66.5 Å². The first kappa shape index (κ1) is 23.2. The summed E-state index contributed by atoms with van der Waals surface area (Å²) in [5, 5.41) is 3.29. The molecule has 1 N–H and O–H groups in total. The molecule has 0 spiro atoms. The summed E-state index contributed by atoms with van der Waals surface area (Å²) in [5.74, 6) is 1.09. The molecule has 1 saturated heterocycles. The van der Waals surface area contributed by atoms with Gasteiger partial charge in [0.25, 0.3) is 5.91 Å². The van der Waals surface area contributed by atoms with Crippen LogP contribution in [0.5, 0.6) is 0 Å². The molecule has 1 heterocycles. The standard InChI is InChI=1S/C24H35BrN2O3S/c1-15-10-16(2)14-27(13-15)31(29,30)20-11-17(6-7-19(20)25)21(28)26-22-23(3,4)18-8-9-24(22,5)12-18/h6-7,11,15-16,18,22H,8-10,12-14H2,1-5H3,(H,26,28). The molecule has 2 saturated carbocycles. The SMILES string of the molecule is CC1CC(C)CN(S(=O)(=O)c2cc(C(=O)NC3C4(C)CCC(C4)C3(C)C)ccc2Br)C1. The normalized spacial score (nSPS) is 35.3. The minimum absolute atomic E-state index is 0.0486. The summed E-state index contributed by atoms with van der Waals surface area (Å²) in [5.41, 5.74) is 0.573. The van der Waals surface area contributed by atoms with Crippen molar-refractivity contribution in [3.05, 3.63) is 28.2 Å². The molecule has 0 aromatic heterocycles. The van der Waals surface area contributed by atoms with E-state index in [0.717, 1.165) is 19.3 Å². The lowest BCUT2D eigenvalue weighted by Gasteiger charge is -2.43. The van der Waals surface area contributed by atoms with E-state index in [2.05, 4.69) is 55.9 Å². The van der Waals surface area contributed by atoms with E-state index in [4.69, 9.17) is 0 Å². The molecule has 1 aromatic carbocycles. The van der Waals surface area contributed by atoms with Gasteiger partial charge in [-0.15, -0.1) is 0 Å². The number of carbonyl (C=O) groups is 1. The van der Waals surface area contributed by atoms with Gasteiger partial charge in [0.1, 0.15) is 0 Å². The van der Waals surface area contributed by atoms with Crippen molar-refractivity contribution in [1.82, 2.24) is 9.62 Å². The maximum atomic E-state index is 13.4. The number of hydrogen-bond acceptors (Lipinski definition) is 3. The largest absolute Gasteiger partial charge is 0.348 e. The van der Waals surface area contributed by atoms with Crippen LogP contribution < -0.4 is 5.32 Å². The van der Waals surface area contributed by atoms with Crippen molar-refractivity contribution in [2.45, 2.75) is 71.2 Å². The molecular weight excluding hydrogens is 476 g/mol. The first-order valence-corrected chi connectivity index (χ1v) is 13.7. The Hall–Kier alpha value is -0.920. The first-order chi connectivity index (χ1) is 14.3. The molecule has 3 fully saturated rings. The second-order valence-corrected chi connectivity index (χ2v) is 14.0. The maximum absolute atomic E-state index is 13.4. The van der Waals surface area contributed by atoms with Gasteiger partial charge in [-0.05, 0) is 88.4 Å². The average Bonchev–Trinajstić information content (AvgIpc) is 3.15. The molecular formula is C24H35BrN2O3S. The molecule has 1 amide bonds. The smallest absolute Gasteiger partial charge is 0.251 e. The Bertz CT molecular complexity index is 978. The summed E-state index contributed by atoms with van der Waals surface area (Å²) in [4.78, 5) is 13.4. The van der Waals surface area contributed by atoms with Crippen molar-refractivity contribution in [2.24, 2.45) is 28.6 Å². The second-order valence-electron chi connectivity index (χ2n) is 11.2. The maximum Gasteiger partial charge on any atom is 0.251 e. The predicted molar refractivity (Wildman–Crippen MR) is 126 cm³/mol. The van der Waals surface area contributed by atoms with E-state index in [-0.39, 0.29) is 27.7 Å². The summed E-state index contributed by atoms with van der Waals surface area (Å²) in [7, 11) is -3.68. The minimum atomic E-state index is -3.68. The number of carbonyl (C=O) groups excluding carboxylic acids is 1. The van der Waals surface area contributed by atoms with Crippen molar-refractivity contribution < 1.29 is 13.2 Å². The zero-order chi connectivity index (χ0) is 22.8. The highest BCUT2D eigenvalue weighted by atomic mass is 79.9. The molecule has 31 heavy (non-hydrogen) atoms. The number of piperidine rings is 1. The molecule has 3 aliphatic rings. The fourth-order valence-electron chi connectivity index (χ4n) is 6.66. The summed E-state index contributed by atoms with van der Waals surface area (Å²) < 4.78 is 29.0. The van der Waals surface area contributed by atoms with Crippen LogP contribution in [-0.4, -0.2) is 37.8 Å². The van der Waals surface area contributed by atoms with Crippen LogP contribution in [0.2, 0.25) is 0 Å². The van der Waals surface area contributed by atoms with Crippen LogP contribution >= 0.6 is 15.9 Å². The van der Waals surface area contributed by atoms with Crippen LogP contribution in [0.25, 0.3) is 0 Å². The van der Waals surface area contributed by atoms with Gasteiger partial charge in [0, 0.05) is 29.2 Å². The summed E-state index contributed by atoms with van der Waals surface area (Å²) in [6.45, 7) is 12.0. The van der Waals surface area contributed by atoms with Crippen molar-refractivity contribution in [2.75, 3.05) is 13.1 Å². The van der Waals surface area contributed by atoms with Crippen molar-refractivity contribution in [1.29, 1.82) is 0 Å². The molecule has 5 nitrogen and oxygen atoms in total. The Morgan fingerprint density at radius 2 is 1.81 bits per heavy atom. The number of amides is 1. The van der Waals surface area contributed by atoms with Gasteiger partial charge in [0.2, 0.25) is 10.0 Å². The quantitative estimate of drug-likeness (QED) is 0.615. The molecule has 5 unspecified atom stereocenters. The lowest BCUT2D eigenvalue weighted by Crippen LogP contribution is -2.52. The Balaban J connectivity index is 1.60. The molecule has 1 aliphatic heterocycles. The van der Waals surface area contributed by atoms with Gasteiger partial charge < -0.3 is 5.32 Å². The minimum Gasteiger partial charge on any atom is -0.348 e. The Morgan fingerprint density at radius 3 is 2.39 bits per heavy atom. The zero-order valence-corrected chi connectivity index (χ0v) is 21.6. The van der Waals surface area contributed by atoms with Gasteiger partial charge in [-0.1, -0.05) is 34.6 Å². The monoisotopic (exact) mass is 510 g/mol. The molecule has 7 heteroatoms. The highest BCUT2D eigenvalue weighted by Gasteiger charge is 2.59. The van der Waals surface area contributed by atoms with Crippen LogP contribution in [-0.2, 0) is 10.0 Å². The van der Waals surface area contributed by atoms with Crippen molar-refractivity contribution in [3.63, 3.8) is 0 Å². The molecule has 2 bridgehead atoms. The van der Waals surface area contributed by atoms with Crippen LogP contribution in [0.1, 0.15) is 70.7 Å². The lowest BCUT2D eigenvalue weighted by molar-refractivity contribution is 0.0737. The third-order valence-electron chi connectivity index (χ3n) is 8.19. The Kier molecular flexibility index (Phi) is 5.88. The third-order valence-corrected chi connectivity index (χ3v) is 11.0. The number of nitrogens with one attached hydrogen (secondary N) is 1. The number of hydrogen-bond donors (Lipinski definition) is 1. The number of halogens is 1. The molecule has 2 aliphatic carbocycles. The summed E-state index contributed by atoms with van der Waals surface area (Å²) >= 11 is 3.42. The van der Waals surface area contributed by atoms with E-state index in [0.29, 0.717) is 40.9 Å². The number of rotatable bonds is 4. The predicted octanol–water partition coefficient (Wildman–Crippen LogP) is 5.06. The van der Waals surface area contributed by atoms with Crippen LogP contribution in [0, 0.1) is 28.6 Å². The Morgan fingerprint density at radius 1 is 1.16 bits per heavy atom. The van der Waals surface area contributed by atoms with E-state index in [1.54, 1.807) is 22.5 Å².